The van der Waals surface area contributed by atoms with Crippen LogP contribution in [0, 0.1) is 5.92 Å². The Balaban J connectivity index is 1.29. The molecule has 23 heavy (non-hydrogen) atoms. The molecule has 0 unspecified atom stereocenters. The summed E-state index contributed by atoms with van der Waals surface area (Å²) in [4.78, 5) is 14.1. The summed E-state index contributed by atoms with van der Waals surface area (Å²) in [6, 6.07) is 2.20. The first-order valence-corrected chi connectivity index (χ1v) is 8.17. The molecule has 2 aromatic heterocycles. The maximum atomic E-state index is 11.9. The Bertz CT molecular complexity index is 693. The van der Waals surface area contributed by atoms with Crippen LogP contribution in [0.2, 0.25) is 0 Å². The SMILES string of the molecule is O=C(NCC1CN(c2cc3c(nn2)CCCC3)C1)c1cn[nH]c1. The third kappa shape index (κ3) is 2.91. The molecule has 1 fully saturated rings. The number of fused-ring (bicyclic) bond motifs is 1. The van der Waals surface area contributed by atoms with Crippen LogP contribution in [0.25, 0.3) is 0 Å². The molecule has 0 atom stereocenters. The van der Waals surface area contributed by atoms with Gasteiger partial charge in [0.25, 0.3) is 5.91 Å². The van der Waals surface area contributed by atoms with Crippen molar-refractivity contribution in [3.8, 4) is 0 Å². The highest BCUT2D eigenvalue weighted by molar-refractivity contribution is 5.93. The van der Waals surface area contributed by atoms with Gasteiger partial charge in [-0.15, -0.1) is 5.10 Å². The Hall–Kier alpha value is -2.44. The van der Waals surface area contributed by atoms with E-state index >= 15 is 0 Å². The lowest BCUT2D eigenvalue weighted by atomic mass is 9.95. The van der Waals surface area contributed by atoms with E-state index in [4.69, 9.17) is 0 Å². The quantitative estimate of drug-likeness (QED) is 0.877. The lowest BCUT2D eigenvalue weighted by Gasteiger charge is -2.40. The predicted molar refractivity (Wildman–Crippen MR) is 85.3 cm³/mol. The molecule has 0 radical (unpaired) electrons. The molecular formula is C16H20N6O. The second-order valence-electron chi connectivity index (χ2n) is 6.35. The summed E-state index contributed by atoms with van der Waals surface area (Å²) in [5.74, 6) is 1.36. The lowest BCUT2D eigenvalue weighted by Crippen LogP contribution is -2.52. The van der Waals surface area contributed by atoms with E-state index in [1.807, 2.05) is 0 Å². The van der Waals surface area contributed by atoms with E-state index in [2.05, 4.69) is 36.7 Å². The minimum atomic E-state index is -0.0780. The standard InChI is InChI=1S/C16H20N6O/c23-16(13-7-18-19-8-13)17-6-11-9-22(10-11)15-5-12-3-1-2-4-14(12)20-21-15/h5,7-8,11H,1-4,6,9-10H2,(H,17,23)(H,18,19). The fourth-order valence-electron chi connectivity index (χ4n) is 3.23. The van der Waals surface area contributed by atoms with Crippen LogP contribution in [0.1, 0.15) is 34.5 Å². The van der Waals surface area contributed by atoms with Crippen LogP contribution in [0.5, 0.6) is 0 Å². The first-order chi connectivity index (χ1) is 11.3. The number of hydrogen-bond acceptors (Lipinski definition) is 5. The Morgan fingerprint density at radius 2 is 2.17 bits per heavy atom. The number of anilines is 1. The van der Waals surface area contributed by atoms with Gasteiger partial charge >= 0.3 is 0 Å². The molecule has 0 saturated carbocycles. The number of nitrogens with zero attached hydrogens (tertiary/aromatic N) is 4. The van der Waals surface area contributed by atoms with Crippen molar-refractivity contribution in [3.63, 3.8) is 0 Å². The number of nitrogens with one attached hydrogen (secondary N) is 2. The highest BCUT2D eigenvalue weighted by Crippen LogP contribution is 2.26. The Morgan fingerprint density at radius 3 is 3.00 bits per heavy atom. The van der Waals surface area contributed by atoms with E-state index in [1.54, 1.807) is 6.20 Å². The molecule has 0 spiro atoms. The molecule has 1 amide bonds. The van der Waals surface area contributed by atoms with Crippen LogP contribution >= 0.6 is 0 Å². The van der Waals surface area contributed by atoms with E-state index in [9.17, 15) is 4.79 Å². The van der Waals surface area contributed by atoms with Crippen LogP contribution in [0.3, 0.4) is 0 Å². The molecule has 0 aromatic carbocycles. The topological polar surface area (TPSA) is 86.8 Å². The zero-order chi connectivity index (χ0) is 15.6. The summed E-state index contributed by atoms with van der Waals surface area (Å²) in [6.45, 7) is 2.51. The number of carbonyl (C=O) groups is 1. The molecule has 1 saturated heterocycles. The van der Waals surface area contributed by atoms with Crippen LogP contribution in [-0.2, 0) is 12.8 Å². The van der Waals surface area contributed by atoms with Gasteiger partial charge in [-0.25, -0.2) is 0 Å². The number of aromatic nitrogens is 4. The first-order valence-electron chi connectivity index (χ1n) is 8.17. The fraction of sp³-hybridized carbons (Fsp3) is 0.500. The molecule has 0 bridgehead atoms. The molecule has 3 heterocycles. The summed E-state index contributed by atoms with van der Waals surface area (Å²) in [6.07, 6.45) is 7.79. The Kier molecular flexibility index (Phi) is 3.69. The predicted octanol–water partition coefficient (Wildman–Crippen LogP) is 0.945. The van der Waals surface area contributed by atoms with E-state index in [1.165, 1.54) is 30.3 Å². The average molecular weight is 312 g/mol. The number of carbonyl (C=O) groups excluding carboxylic acids is 1. The minimum absolute atomic E-state index is 0.0780. The highest BCUT2D eigenvalue weighted by atomic mass is 16.1. The van der Waals surface area contributed by atoms with Crippen LogP contribution in [-0.4, -0.2) is 45.9 Å². The second-order valence-corrected chi connectivity index (χ2v) is 6.35. The minimum Gasteiger partial charge on any atom is -0.354 e. The van der Waals surface area contributed by atoms with Gasteiger partial charge in [0.15, 0.2) is 5.82 Å². The van der Waals surface area contributed by atoms with Crippen LogP contribution in [0.4, 0.5) is 5.82 Å². The van der Waals surface area contributed by atoms with Crippen molar-refractivity contribution in [2.24, 2.45) is 5.92 Å². The number of rotatable bonds is 4. The van der Waals surface area contributed by atoms with Crippen molar-refractivity contribution in [1.82, 2.24) is 25.7 Å². The normalized spacial score (nSPS) is 17.5. The molecule has 120 valence electrons. The number of aromatic amines is 1. The van der Waals surface area contributed by atoms with Gasteiger partial charge in [0.2, 0.25) is 0 Å². The molecule has 7 nitrogen and oxygen atoms in total. The highest BCUT2D eigenvalue weighted by Gasteiger charge is 2.29. The lowest BCUT2D eigenvalue weighted by molar-refractivity contribution is 0.0944. The van der Waals surface area contributed by atoms with Crippen LogP contribution < -0.4 is 10.2 Å². The van der Waals surface area contributed by atoms with Crippen molar-refractivity contribution in [2.75, 3.05) is 24.5 Å². The van der Waals surface area contributed by atoms with Gasteiger partial charge in [-0.2, -0.15) is 10.2 Å². The van der Waals surface area contributed by atoms with E-state index in [0.29, 0.717) is 18.0 Å². The maximum absolute atomic E-state index is 11.9. The van der Waals surface area contributed by atoms with Gasteiger partial charge in [0, 0.05) is 31.7 Å². The Labute approximate surface area is 134 Å². The molecular weight excluding hydrogens is 292 g/mol. The number of hydrogen-bond donors (Lipinski definition) is 2. The van der Waals surface area contributed by atoms with Gasteiger partial charge < -0.3 is 10.2 Å². The largest absolute Gasteiger partial charge is 0.354 e. The third-order valence-electron chi connectivity index (χ3n) is 4.65. The van der Waals surface area contributed by atoms with Crippen LogP contribution in [0.15, 0.2) is 18.5 Å². The third-order valence-corrected chi connectivity index (χ3v) is 4.65. The van der Waals surface area contributed by atoms with Crippen molar-refractivity contribution in [3.05, 3.63) is 35.3 Å². The zero-order valence-corrected chi connectivity index (χ0v) is 13.0. The zero-order valence-electron chi connectivity index (χ0n) is 13.0. The maximum Gasteiger partial charge on any atom is 0.254 e. The van der Waals surface area contributed by atoms with Gasteiger partial charge in [-0.05, 0) is 37.3 Å². The van der Waals surface area contributed by atoms with E-state index in [0.717, 1.165) is 31.7 Å². The Morgan fingerprint density at radius 1 is 1.30 bits per heavy atom. The summed E-state index contributed by atoms with van der Waals surface area (Å²) in [5.41, 5.74) is 3.10. The fourth-order valence-corrected chi connectivity index (χ4v) is 3.23. The first kappa shape index (κ1) is 14.2. The van der Waals surface area contributed by atoms with Crippen molar-refractivity contribution < 1.29 is 4.79 Å². The monoisotopic (exact) mass is 312 g/mol. The van der Waals surface area contributed by atoms with E-state index < -0.39 is 0 Å². The van der Waals surface area contributed by atoms with Crippen molar-refractivity contribution >= 4 is 11.7 Å². The molecule has 1 aliphatic carbocycles. The van der Waals surface area contributed by atoms with Gasteiger partial charge in [-0.3, -0.25) is 9.89 Å². The molecule has 2 aliphatic rings. The summed E-state index contributed by atoms with van der Waals surface area (Å²) in [5, 5.41) is 18.1. The number of H-pyrrole nitrogens is 1. The smallest absolute Gasteiger partial charge is 0.254 e. The summed E-state index contributed by atoms with van der Waals surface area (Å²) < 4.78 is 0. The molecule has 4 rings (SSSR count). The molecule has 1 aliphatic heterocycles. The average Bonchev–Trinajstić information content (AvgIpc) is 3.07. The molecule has 7 heteroatoms. The van der Waals surface area contributed by atoms with Gasteiger partial charge in [-0.1, -0.05) is 0 Å². The van der Waals surface area contributed by atoms with Gasteiger partial charge in [0.05, 0.1) is 17.5 Å². The summed E-state index contributed by atoms with van der Waals surface area (Å²) in [7, 11) is 0. The van der Waals surface area contributed by atoms with E-state index in [-0.39, 0.29) is 5.91 Å². The number of aryl methyl sites for hydroxylation is 2. The molecule has 2 N–H and O–H groups in total. The van der Waals surface area contributed by atoms with Crippen molar-refractivity contribution in [1.29, 1.82) is 0 Å². The second kappa shape index (κ2) is 5.98. The molecule has 2 aromatic rings. The number of amides is 1. The summed E-state index contributed by atoms with van der Waals surface area (Å²) >= 11 is 0. The van der Waals surface area contributed by atoms with Crippen molar-refractivity contribution in [2.45, 2.75) is 25.7 Å². The van der Waals surface area contributed by atoms with Gasteiger partial charge in [0.1, 0.15) is 0 Å².